The van der Waals surface area contributed by atoms with Gasteiger partial charge in [-0.3, -0.25) is 4.79 Å². The number of ether oxygens (including phenoxy) is 1. The predicted octanol–water partition coefficient (Wildman–Crippen LogP) is 2.45. The second-order valence-corrected chi connectivity index (χ2v) is 5.57. The van der Waals surface area contributed by atoms with Crippen LogP contribution in [-0.2, 0) is 4.79 Å². The maximum absolute atomic E-state index is 11.0. The van der Waals surface area contributed by atoms with E-state index in [-0.39, 0.29) is 5.92 Å². The minimum absolute atomic E-state index is 0.254. The summed E-state index contributed by atoms with van der Waals surface area (Å²) in [7, 11) is 1.64. The summed E-state index contributed by atoms with van der Waals surface area (Å²) in [6, 6.07) is 9.59. The third kappa shape index (κ3) is 3.41. The van der Waals surface area contributed by atoms with Crippen LogP contribution in [0.1, 0.15) is 12.8 Å². The summed E-state index contributed by atoms with van der Waals surface area (Å²) < 4.78 is 5.16. The fraction of sp³-hybridized carbons (Fsp3) is 0.353. The van der Waals surface area contributed by atoms with Gasteiger partial charge in [0.05, 0.1) is 18.7 Å². The van der Waals surface area contributed by atoms with Crippen LogP contribution in [0.3, 0.4) is 0 Å². The van der Waals surface area contributed by atoms with Crippen LogP contribution < -0.4 is 9.64 Å². The van der Waals surface area contributed by atoms with Gasteiger partial charge in [-0.05, 0) is 43.2 Å². The maximum Gasteiger partial charge on any atom is 0.306 e. The second kappa shape index (κ2) is 6.64. The number of piperidine rings is 1. The molecule has 0 unspecified atom stereocenters. The smallest absolute Gasteiger partial charge is 0.306 e. The van der Waals surface area contributed by atoms with Crippen molar-refractivity contribution in [1.29, 1.82) is 0 Å². The van der Waals surface area contributed by atoms with E-state index in [4.69, 9.17) is 9.84 Å². The van der Waals surface area contributed by atoms with Gasteiger partial charge in [-0.25, -0.2) is 9.97 Å². The molecule has 2 aromatic rings. The van der Waals surface area contributed by atoms with Gasteiger partial charge in [-0.1, -0.05) is 0 Å². The minimum atomic E-state index is -0.711. The van der Waals surface area contributed by atoms with Gasteiger partial charge in [0.1, 0.15) is 5.75 Å². The highest BCUT2D eigenvalue weighted by Gasteiger charge is 2.25. The lowest BCUT2D eigenvalue weighted by Gasteiger charge is -2.30. The average Bonchev–Trinajstić information content (AvgIpc) is 2.62. The number of hydrogen-bond donors (Lipinski definition) is 1. The topological polar surface area (TPSA) is 75.5 Å². The van der Waals surface area contributed by atoms with Gasteiger partial charge in [0.15, 0.2) is 0 Å². The number of methoxy groups -OCH3 is 1. The molecule has 0 amide bonds. The molecule has 6 heteroatoms. The van der Waals surface area contributed by atoms with Gasteiger partial charge in [0.25, 0.3) is 0 Å². The number of rotatable bonds is 4. The molecule has 1 aliphatic rings. The molecule has 6 nitrogen and oxygen atoms in total. The highest BCUT2D eigenvalue weighted by molar-refractivity contribution is 5.70. The molecule has 23 heavy (non-hydrogen) atoms. The molecule has 1 N–H and O–H groups in total. The van der Waals surface area contributed by atoms with E-state index in [9.17, 15) is 4.79 Å². The first-order valence-corrected chi connectivity index (χ1v) is 7.62. The Balaban J connectivity index is 1.76. The first-order valence-electron chi connectivity index (χ1n) is 7.62. The Bertz CT molecular complexity index is 680. The Kier molecular flexibility index (Phi) is 4.41. The van der Waals surface area contributed by atoms with Crippen molar-refractivity contribution in [2.24, 2.45) is 5.92 Å². The van der Waals surface area contributed by atoms with E-state index < -0.39 is 5.97 Å². The van der Waals surface area contributed by atoms with Gasteiger partial charge >= 0.3 is 5.97 Å². The van der Waals surface area contributed by atoms with Crippen LogP contribution in [0.4, 0.5) is 5.95 Å². The molecule has 0 radical (unpaired) electrons. The Morgan fingerprint density at radius 3 is 2.52 bits per heavy atom. The number of anilines is 1. The molecule has 3 rings (SSSR count). The zero-order valence-corrected chi connectivity index (χ0v) is 13.0. The highest BCUT2D eigenvalue weighted by Crippen LogP contribution is 2.24. The van der Waals surface area contributed by atoms with Crippen LogP contribution in [0.5, 0.6) is 5.75 Å². The first-order chi connectivity index (χ1) is 11.2. The number of carboxylic acid groups (broad SMARTS) is 1. The third-order valence-electron chi connectivity index (χ3n) is 4.16. The van der Waals surface area contributed by atoms with Crippen molar-refractivity contribution in [2.45, 2.75) is 12.8 Å². The first kappa shape index (κ1) is 15.3. The van der Waals surface area contributed by atoms with E-state index >= 15 is 0 Å². The number of carboxylic acids is 1. The van der Waals surface area contributed by atoms with Crippen LogP contribution in [0.25, 0.3) is 11.3 Å². The summed E-state index contributed by atoms with van der Waals surface area (Å²) in [6.45, 7) is 1.34. The SMILES string of the molecule is COc1ccc(-c2ccnc(N3CCC(C(=O)O)CC3)n2)cc1. The summed E-state index contributed by atoms with van der Waals surface area (Å²) in [6.07, 6.45) is 3.00. The van der Waals surface area contributed by atoms with Crippen molar-refractivity contribution in [3.8, 4) is 17.0 Å². The number of aliphatic carboxylic acids is 1. The van der Waals surface area contributed by atoms with E-state index in [1.54, 1.807) is 13.3 Å². The lowest BCUT2D eigenvalue weighted by atomic mass is 9.97. The van der Waals surface area contributed by atoms with Gasteiger partial charge < -0.3 is 14.7 Å². The summed E-state index contributed by atoms with van der Waals surface area (Å²) in [5, 5.41) is 9.07. The fourth-order valence-electron chi connectivity index (χ4n) is 2.75. The van der Waals surface area contributed by atoms with Crippen molar-refractivity contribution in [3.05, 3.63) is 36.5 Å². The molecule has 0 saturated carbocycles. The number of nitrogens with zero attached hydrogens (tertiary/aromatic N) is 3. The normalized spacial score (nSPS) is 15.4. The monoisotopic (exact) mass is 313 g/mol. The number of carbonyl (C=O) groups is 1. The van der Waals surface area contributed by atoms with E-state index in [1.807, 2.05) is 35.2 Å². The molecule has 1 aromatic heterocycles. The van der Waals surface area contributed by atoms with E-state index in [2.05, 4.69) is 9.97 Å². The third-order valence-corrected chi connectivity index (χ3v) is 4.16. The van der Waals surface area contributed by atoms with Crippen molar-refractivity contribution in [3.63, 3.8) is 0 Å². The molecular weight excluding hydrogens is 294 g/mol. The molecule has 0 spiro atoms. The molecule has 120 valence electrons. The van der Waals surface area contributed by atoms with Crippen molar-refractivity contribution >= 4 is 11.9 Å². The van der Waals surface area contributed by atoms with E-state index in [0.29, 0.717) is 31.9 Å². The standard InChI is InChI=1S/C17H19N3O3/c1-23-14-4-2-12(3-5-14)15-6-9-18-17(19-15)20-10-7-13(8-11-20)16(21)22/h2-6,9,13H,7-8,10-11H2,1H3,(H,21,22). The molecular formula is C17H19N3O3. The fourth-order valence-corrected chi connectivity index (χ4v) is 2.75. The summed E-state index contributed by atoms with van der Waals surface area (Å²) >= 11 is 0. The quantitative estimate of drug-likeness (QED) is 0.934. The van der Waals surface area contributed by atoms with Crippen molar-refractivity contribution in [1.82, 2.24) is 9.97 Å². The van der Waals surface area contributed by atoms with Crippen molar-refractivity contribution in [2.75, 3.05) is 25.1 Å². The summed E-state index contributed by atoms with van der Waals surface area (Å²) in [4.78, 5) is 22.0. The lowest BCUT2D eigenvalue weighted by Crippen LogP contribution is -2.37. The molecule has 2 heterocycles. The molecule has 1 aliphatic heterocycles. The number of aromatic nitrogens is 2. The predicted molar refractivity (Wildman–Crippen MR) is 86.6 cm³/mol. The Morgan fingerprint density at radius 1 is 1.22 bits per heavy atom. The molecule has 1 fully saturated rings. The van der Waals surface area contributed by atoms with Gasteiger partial charge in [-0.2, -0.15) is 0 Å². The Morgan fingerprint density at radius 2 is 1.91 bits per heavy atom. The van der Waals surface area contributed by atoms with E-state index in [1.165, 1.54) is 0 Å². The second-order valence-electron chi connectivity index (χ2n) is 5.57. The molecule has 0 bridgehead atoms. The summed E-state index contributed by atoms with van der Waals surface area (Å²) in [5.41, 5.74) is 1.84. The Hall–Kier alpha value is -2.63. The van der Waals surface area contributed by atoms with Gasteiger partial charge in [-0.15, -0.1) is 0 Å². The highest BCUT2D eigenvalue weighted by atomic mass is 16.5. The molecule has 1 aromatic carbocycles. The summed E-state index contributed by atoms with van der Waals surface area (Å²) in [5.74, 6) is 0.495. The van der Waals surface area contributed by atoms with E-state index in [0.717, 1.165) is 17.0 Å². The van der Waals surface area contributed by atoms with Gasteiger partial charge in [0, 0.05) is 24.8 Å². The average molecular weight is 313 g/mol. The van der Waals surface area contributed by atoms with Gasteiger partial charge in [0.2, 0.25) is 5.95 Å². The molecule has 0 atom stereocenters. The van der Waals surface area contributed by atoms with Crippen LogP contribution in [-0.4, -0.2) is 41.2 Å². The van der Waals surface area contributed by atoms with Crippen LogP contribution >= 0.6 is 0 Å². The molecule has 0 aliphatic carbocycles. The largest absolute Gasteiger partial charge is 0.497 e. The maximum atomic E-state index is 11.0. The molecule has 1 saturated heterocycles. The van der Waals surface area contributed by atoms with Crippen molar-refractivity contribution < 1.29 is 14.6 Å². The zero-order chi connectivity index (χ0) is 16.2. The zero-order valence-electron chi connectivity index (χ0n) is 13.0. The van der Waals surface area contributed by atoms with Crippen LogP contribution in [0.2, 0.25) is 0 Å². The minimum Gasteiger partial charge on any atom is -0.497 e. The number of benzene rings is 1. The lowest BCUT2D eigenvalue weighted by molar-refractivity contribution is -0.142. The van der Waals surface area contributed by atoms with Crippen LogP contribution in [0.15, 0.2) is 36.5 Å². The number of hydrogen-bond acceptors (Lipinski definition) is 5. The van der Waals surface area contributed by atoms with Crippen LogP contribution in [0, 0.1) is 5.92 Å². The Labute approximate surface area is 134 Å².